The molecule has 0 unspecified atom stereocenters. The van der Waals surface area contributed by atoms with Gasteiger partial charge < -0.3 is 9.47 Å². The number of ether oxygens (including phenoxy) is 2. The first kappa shape index (κ1) is 18.4. The number of benzene rings is 1. The summed E-state index contributed by atoms with van der Waals surface area (Å²) >= 11 is 0. The van der Waals surface area contributed by atoms with E-state index in [1.54, 1.807) is 70.5 Å². The predicted octanol–water partition coefficient (Wildman–Crippen LogP) is 3.86. The first-order valence-corrected chi connectivity index (χ1v) is 7.89. The van der Waals surface area contributed by atoms with Crippen molar-refractivity contribution >= 4 is 17.7 Å². The lowest BCUT2D eigenvalue weighted by atomic mass is 10.0. The smallest absolute Gasteiger partial charge is 0.413 e. The van der Waals surface area contributed by atoms with E-state index in [1.807, 2.05) is 0 Å². The van der Waals surface area contributed by atoms with Crippen molar-refractivity contribution < 1.29 is 19.1 Å². The van der Waals surface area contributed by atoms with Gasteiger partial charge >= 0.3 is 6.09 Å². The Hall–Kier alpha value is -2.89. The SMILES string of the molecule is COc1cccc(C(=O)Cc2ccnc(NC(=O)OC(C)(C)C)c2)c1. The number of nitrogens with zero attached hydrogens (tertiary/aromatic N) is 1. The van der Waals surface area contributed by atoms with Crippen molar-refractivity contribution in [3.8, 4) is 5.75 Å². The number of carbonyl (C=O) groups excluding carboxylic acids is 2. The van der Waals surface area contributed by atoms with Gasteiger partial charge in [-0.15, -0.1) is 0 Å². The predicted molar refractivity (Wildman–Crippen MR) is 95.1 cm³/mol. The largest absolute Gasteiger partial charge is 0.497 e. The van der Waals surface area contributed by atoms with Gasteiger partial charge in [0.2, 0.25) is 0 Å². The Morgan fingerprint density at radius 1 is 1.16 bits per heavy atom. The van der Waals surface area contributed by atoms with Crippen LogP contribution in [0.4, 0.5) is 10.6 Å². The monoisotopic (exact) mass is 342 g/mol. The van der Waals surface area contributed by atoms with Gasteiger partial charge in [0, 0.05) is 18.2 Å². The van der Waals surface area contributed by atoms with Gasteiger partial charge in [0.1, 0.15) is 17.2 Å². The number of hydrogen-bond acceptors (Lipinski definition) is 5. The Bertz CT molecular complexity index is 766. The third-order valence-electron chi connectivity index (χ3n) is 3.21. The van der Waals surface area contributed by atoms with Crippen LogP contribution >= 0.6 is 0 Å². The molecule has 0 aliphatic rings. The molecule has 1 heterocycles. The molecule has 0 radical (unpaired) electrons. The fraction of sp³-hybridized carbons (Fsp3) is 0.316. The molecular weight excluding hydrogens is 320 g/mol. The number of methoxy groups -OCH3 is 1. The molecule has 0 fully saturated rings. The van der Waals surface area contributed by atoms with E-state index in [0.717, 1.165) is 5.56 Å². The van der Waals surface area contributed by atoms with E-state index in [4.69, 9.17) is 9.47 Å². The standard InChI is InChI=1S/C19H22N2O4/c1-19(2,3)25-18(23)21-17-11-13(8-9-20-17)10-16(22)14-6-5-7-15(12-14)24-4/h5-9,11-12H,10H2,1-4H3,(H,20,21,23). The molecule has 2 rings (SSSR count). The highest BCUT2D eigenvalue weighted by molar-refractivity contribution is 5.98. The fourth-order valence-corrected chi connectivity index (χ4v) is 2.14. The van der Waals surface area contributed by atoms with Gasteiger partial charge in [-0.05, 0) is 50.6 Å². The number of aromatic nitrogens is 1. The molecule has 1 amide bonds. The zero-order valence-electron chi connectivity index (χ0n) is 14.8. The Morgan fingerprint density at radius 3 is 2.60 bits per heavy atom. The van der Waals surface area contributed by atoms with Crippen LogP contribution < -0.4 is 10.1 Å². The van der Waals surface area contributed by atoms with Crippen molar-refractivity contribution in [1.82, 2.24) is 4.98 Å². The average Bonchev–Trinajstić information content (AvgIpc) is 2.53. The number of amides is 1. The summed E-state index contributed by atoms with van der Waals surface area (Å²) < 4.78 is 10.3. The third-order valence-corrected chi connectivity index (χ3v) is 3.21. The lowest BCUT2D eigenvalue weighted by molar-refractivity contribution is 0.0635. The molecule has 132 valence electrons. The van der Waals surface area contributed by atoms with Crippen molar-refractivity contribution in [1.29, 1.82) is 0 Å². The molecule has 2 aromatic rings. The van der Waals surface area contributed by atoms with Gasteiger partial charge in [-0.3, -0.25) is 10.1 Å². The molecule has 0 aliphatic carbocycles. The third kappa shape index (κ3) is 5.91. The number of carbonyl (C=O) groups is 2. The van der Waals surface area contributed by atoms with Crippen LogP contribution in [0.2, 0.25) is 0 Å². The van der Waals surface area contributed by atoms with Gasteiger partial charge in [-0.1, -0.05) is 12.1 Å². The Morgan fingerprint density at radius 2 is 1.92 bits per heavy atom. The van der Waals surface area contributed by atoms with E-state index in [9.17, 15) is 9.59 Å². The second-order valence-corrected chi connectivity index (χ2v) is 6.51. The minimum absolute atomic E-state index is 0.0479. The van der Waals surface area contributed by atoms with Gasteiger partial charge in [0.25, 0.3) is 0 Å². The van der Waals surface area contributed by atoms with E-state index in [0.29, 0.717) is 17.1 Å². The molecule has 0 saturated heterocycles. The second kappa shape index (κ2) is 7.79. The van der Waals surface area contributed by atoms with Crippen molar-refractivity contribution in [2.75, 3.05) is 12.4 Å². The quantitative estimate of drug-likeness (QED) is 0.835. The molecule has 6 heteroatoms. The average molecular weight is 342 g/mol. The van der Waals surface area contributed by atoms with Crippen LogP contribution in [0.25, 0.3) is 0 Å². The number of rotatable bonds is 5. The first-order valence-electron chi connectivity index (χ1n) is 7.89. The lowest BCUT2D eigenvalue weighted by Gasteiger charge is -2.19. The van der Waals surface area contributed by atoms with Crippen molar-refractivity contribution in [2.45, 2.75) is 32.8 Å². The number of ketones is 1. The molecule has 0 spiro atoms. The second-order valence-electron chi connectivity index (χ2n) is 6.51. The summed E-state index contributed by atoms with van der Waals surface area (Å²) in [5, 5.41) is 2.57. The fourth-order valence-electron chi connectivity index (χ4n) is 2.14. The van der Waals surface area contributed by atoms with Crippen LogP contribution in [0.15, 0.2) is 42.6 Å². The summed E-state index contributed by atoms with van der Waals surface area (Å²) in [4.78, 5) is 28.3. The van der Waals surface area contributed by atoms with E-state index in [2.05, 4.69) is 10.3 Å². The number of pyridine rings is 1. The highest BCUT2D eigenvalue weighted by Crippen LogP contribution is 2.16. The molecule has 1 aromatic carbocycles. The van der Waals surface area contributed by atoms with Crippen LogP contribution in [-0.2, 0) is 11.2 Å². The van der Waals surface area contributed by atoms with Gasteiger partial charge in [0.15, 0.2) is 5.78 Å². The summed E-state index contributed by atoms with van der Waals surface area (Å²) in [7, 11) is 1.56. The summed E-state index contributed by atoms with van der Waals surface area (Å²) in [5.41, 5.74) is 0.719. The maximum Gasteiger partial charge on any atom is 0.413 e. The lowest BCUT2D eigenvalue weighted by Crippen LogP contribution is -2.27. The topological polar surface area (TPSA) is 77.5 Å². The van der Waals surface area contributed by atoms with E-state index < -0.39 is 11.7 Å². The minimum atomic E-state index is -0.593. The number of Topliss-reactive ketones (excluding diaryl/α,β-unsaturated/α-hetero) is 1. The van der Waals surface area contributed by atoms with Crippen LogP contribution in [-0.4, -0.2) is 29.6 Å². The van der Waals surface area contributed by atoms with Crippen LogP contribution in [0.3, 0.4) is 0 Å². The van der Waals surface area contributed by atoms with E-state index in [-0.39, 0.29) is 12.2 Å². The number of hydrogen-bond donors (Lipinski definition) is 1. The van der Waals surface area contributed by atoms with Crippen LogP contribution in [0.5, 0.6) is 5.75 Å². The summed E-state index contributed by atoms with van der Waals surface area (Å²) in [6.07, 6.45) is 1.15. The molecule has 1 aromatic heterocycles. The Kier molecular flexibility index (Phi) is 5.75. The van der Waals surface area contributed by atoms with Crippen LogP contribution in [0.1, 0.15) is 36.7 Å². The highest BCUT2D eigenvalue weighted by atomic mass is 16.6. The van der Waals surface area contributed by atoms with Gasteiger partial charge in [0.05, 0.1) is 7.11 Å². The van der Waals surface area contributed by atoms with E-state index >= 15 is 0 Å². The molecule has 0 atom stereocenters. The van der Waals surface area contributed by atoms with Crippen LogP contribution in [0, 0.1) is 0 Å². The maximum absolute atomic E-state index is 12.4. The molecular formula is C19H22N2O4. The van der Waals surface area contributed by atoms with Crippen molar-refractivity contribution in [3.63, 3.8) is 0 Å². The summed E-state index contributed by atoms with van der Waals surface area (Å²) in [6, 6.07) is 10.4. The summed E-state index contributed by atoms with van der Waals surface area (Å²) in [6.45, 7) is 5.34. The molecule has 0 aliphatic heterocycles. The first-order chi connectivity index (χ1) is 11.8. The van der Waals surface area contributed by atoms with Crippen molar-refractivity contribution in [3.05, 3.63) is 53.7 Å². The number of anilines is 1. The normalized spacial score (nSPS) is 10.9. The molecule has 0 bridgehead atoms. The zero-order valence-corrected chi connectivity index (χ0v) is 14.8. The Labute approximate surface area is 147 Å². The molecule has 6 nitrogen and oxygen atoms in total. The molecule has 0 saturated carbocycles. The van der Waals surface area contributed by atoms with Gasteiger partial charge in [-0.2, -0.15) is 0 Å². The molecule has 25 heavy (non-hydrogen) atoms. The van der Waals surface area contributed by atoms with Crippen molar-refractivity contribution in [2.24, 2.45) is 0 Å². The maximum atomic E-state index is 12.4. The number of nitrogens with one attached hydrogen (secondary N) is 1. The summed E-state index contributed by atoms with van der Waals surface area (Å²) in [5.74, 6) is 0.923. The minimum Gasteiger partial charge on any atom is -0.497 e. The zero-order chi connectivity index (χ0) is 18.4. The van der Waals surface area contributed by atoms with E-state index in [1.165, 1.54) is 0 Å². The molecule has 1 N–H and O–H groups in total. The Balaban J connectivity index is 2.05. The van der Waals surface area contributed by atoms with Gasteiger partial charge in [-0.25, -0.2) is 9.78 Å². The highest BCUT2D eigenvalue weighted by Gasteiger charge is 2.17.